The quantitative estimate of drug-likeness (QED) is 0.532. The van der Waals surface area contributed by atoms with Gasteiger partial charge in [-0.3, -0.25) is 0 Å². The molecule has 2 aromatic rings. The Morgan fingerprint density at radius 2 is 1.87 bits per heavy atom. The molecule has 1 saturated carbocycles. The van der Waals surface area contributed by atoms with E-state index in [2.05, 4.69) is 13.0 Å². The van der Waals surface area contributed by atoms with Crippen molar-refractivity contribution in [1.29, 1.82) is 0 Å². The first kappa shape index (κ1) is 15.9. The summed E-state index contributed by atoms with van der Waals surface area (Å²) in [5, 5.41) is 3.75. The zero-order chi connectivity index (χ0) is 16.3. The van der Waals surface area contributed by atoms with Crippen molar-refractivity contribution in [1.82, 2.24) is 0 Å². The number of ether oxygens (including phenoxy) is 1. The van der Waals surface area contributed by atoms with Crippen molar-refractivity contribution in [3.63, 3.8) is 0 Å². The van der Waals surface area contributed by atoms with E-state index in [1.807, 2.05) is 6.07 Å². The van der Waals surface area contributed by atoms with Crippen molar-refractivity contribution in [3.05, 3.63) is 38.3 Å². The fraction of sp³-hybridized carbons (Fsp3) is 0.474. The first-order valence-corrected chi connectivity index (χ1v) is 9.31. The van der Waals surface area contributed by atoms with Gasteiger partial charge in [-0.1, -0.05) is 41.7 Å². The molecule has 4 rings (SSSR count). The van der Waals surface area contributed by atoms with Crippen LogP contribution in [0.2, 0.25) is 15.1 Å². The van der Waals surface area contributed by atoms with Gasteiger partial charge in [0.15, 0.2) is 5.75 Å². The average Bonchev–Trinajstić information content (AvgIpc) is 2.88. The number of halogens is 3. The molecule has 2 aliphatic carbocycles. The summed E-state index contributed by atoms with van der Waals surface area (Å²) in [6, 6.07) is 4.12. The van der Waals surface area contributed by atoms with E-state index in [-0.39, 0.29) is 0 Å². The van der Waals surface area contributed by atoms with E-state index in [0.717, 1.165) is 29.0 Å². The molecule has 122 valence electrons. The third-order valence-corrected chi connectivity index (χ3v) is 6.61. The van der Waals surface area contributed by atoms with Crippen LogP contribution in [-0.4, -0.2) is 7.11 Å². The van der Waals surface area contributed by atoms with Crippen LogP contribution in [0.25, 0.3) is 10.8 Å². The maximum Gasteiger partial charge on any atom is 0.156 e. The molecule has 0 heterocycles. The van der Waals surface area contributed by atoms with Crippen LogP contribution in [0.1, 0.15) is 43.2 Å². The summed E-state index contributed by atoms with van der Waals surface area (Å²) in [6.07, 6.45) is 4.93. The van der Waals surface area contributed by atoms with Gasteiger partial charge in [0, 0.05) is 5.39 Å². The van der Waals surface area contributed by atoms with Gasteiger partial charge in [0.05, 0.1) is 22.2 Å². The summed E-state index contributed by atoms with van der Waals surface area (Å²) in [4.78, 5) is 0. The van der Waals surface area contributed by atoms with Crippen molar-refractivity contribution >= 4 is 45.6 Å². The second-order valence-corrected chi connectivity index (χ2v) is 8.23. The molecule has 0 radical (unpaired) electrons. The van der Waals surface area contributed by atoms with Crippen LogP contribution >= 0.6 is 34.8 Å². The number of hydrogen-bond donors (Lipinski definition) is 0. The lowest BCUT2D eigenvalue weighted by atomic mass is 9.75. The first-order valence-electron chi connectivity index (χ1n) is 8.18. The van der Waals surface area contributed by atoms with E-state index in [4.69, 9.17) is 39.5 Å². The lowest BCUT2D eigenvalue weighted by Gasteiger charge is -2.30. The molecule has 0 aromatic heterocycles. The van der Waals surface area contributed by atoms with Gasteiger partial charge in [-0.25, -0.2) is 0 Å². The molecule has 3 atom stereocenters. The molecule has 3 unspecified atom stereocenters. The van der Waals surface area contributed by atoms with E-state index in [0.29, 0.717) is 26.7 Å². The molecule has 23 heavy (non-hydrogen) atoms. The van der Waals surface area contributed by atoms with Gasteiger partial charge in [-0.15, -0.1) is 0 Å². The maximum absolute atomic E-state index is 6.62. The van der Waals surface area contributed by atoms with E-state index in [9.17, 15) is 0 Å². The van der Waals surface area contributed by atoms with E-state index < -0.39 is 0 Å². The summed E-state index contributed by atoms with van der Waals surface area (Å²) in [5.41, 5.74) is 2.80. The highest BCUT2D eigenvalue weighted by molar-refractivity contribution is 6.45. The minimum absolute atomic E-state index is 0.505. The predicted molar refractivity (Wildman–Crippen MR) is 98.5 cm³/mol. The fourth-order valence-corrected chi connectivity index (χ4v) is 5.83. The Balaban J connectivity index is 2.00. The van der Waals surface area contributed by atoms with E-state index in [1.54, 1.807) is 7.11 Å². The van der Waals surface area contributed by atoms with Gasteiger partial charge in [-0.2, -0.15) is 0 Å². The monoisotopic (exact) mass is 368 g/mol. The minimum Gasteiger partial charge on any atom is -0.494 e. The van der Waals surface area contributed by atoms with Crippen molar-refractivity contribution in [3.8, 4) is 5.75 Å². The van der Waals surface area contributed by atoms with Gasteiger partial charge < -0.3 is 4.74 Å². The van der Waals surface area contributed by atoms with Gasteiger partial charge in [0.2, 0.25) is 0 Å². The molecule has 2 aliphatic rings. The molecule has 0 amide bonds. The third kappa shape index (κ3) is 2.35. The summed E-state index contributed by atoms with van der Waals surface area (Å²) in [7, 11) is 1.58. The average molecular weight is 370 g/mol. The van der Waals surface area contributed by atoms with Crippen LogP contribution in [0, 0.1) is 11.8 Å². The highest BCUT2D eigenvalue weighted by atomic mass is 35.5. The molecule has 0 saturated heterocycles. The molecule has 0 bridgehead atoms. The van der Waals surface area contributed by atoms with Crippen molar-refractivity contribution in [2.24, 2.45) is 11.8 Å². The zero-order valence-corrected chi connectivity index (χ0v) is 15.5. The largest absolute Gasteiger partial charge is 0.494 e. The van der Waals surface area contributed by atoms with Crippen molar-refractivity contribution < 1.29 is 4.74 Å². The van der Waals surface area contributed by atoms with Crippen LogP contribution in [0.5, 0.6) is 5.75 Å². The molecule has 0 aliphatic heterocycles. The molecule has 1 nitrogen and oxygen atoms in total. The Morgan fingerprint density at radius 3 is 2.61 bits per heavy atom. The molecule has 2 aromatic carbocycles. The molecular weight excluding hydrogens is 351 g/mol. The lowest BCUT2D eigenvalue weighted by molar-refractivity contribution is 0.415. The Morgan fingerprint density at radius 1 is 1.09 bits per heavy atom. The summed E-state index contributed by atoms with van der Waals surface area (Å²) >= 11 is 19.5. The van der Waals surface area contributed by atoms with Crippen LogP contribution in [-0.2, 0) is 6.42 Å². The number of methoxy groups -OCH3 is 1. The Labute approximate surface area is 151 Å². The maximum atomic E-state index is 6.62. The molecule has 1 fully saturated rings. The molecule has 4 heteroatoms. The second kappa shape index (κ2) is 5.72. The van der Waals surface area contributed by atoms with E-state index >= 15 is 0 Å². The highest BCUT2D eigenvalue weighted by Gasteiger charge is 2.38. The van der Waals surface area contributed by atoms with Crippen LogP contribution in [0.3, 0.4) is 0 Å². The van der Waals surface area contributed by atoms with Gasteiger partial charge in [-0.05, 0) is 72.1 Å². The lowest BCUT2D eigenvalue weighted by Crippen LogP contribution is -2.16. The standard InChI is InChI=1S/C19H19Cl3O/c1-9-5-10-3-4-11-13(12(10)6-9)7-15(20)17-14(11)8-16(21)19(23-2)18(17)22/h7-10,12H,3-6H2,1-2H3. The normalized spacial score (nSPS) is 26.2. The smallest absolute Gasteiger partial charge is 0.156 e. The summed E-state index contributed by atoms with van der Waals surface area (Å²) in [5.74, 6) is 2.74. The summed E-state index contributed by atoms with van der Waals surface area (Å²) in [6.45, 7) is 2.36. The highest BCUT2D eigenvalue weighted by Crippen LogP contribution is 2.53. The van der Waals surface area contributed by atoms with Gasteiger partial charge >= 0.3 is 0 Å². The zero-order valence-electron chi connectivity index (χ0n) is 13.3. The Hall–Kier alpha value is -0.630. The van der Waals surface area contributed by atoms with Crippen LogP contribution in [0.15, 0.2) is 12.1 Å². The first-order chi connectivity index (χ1) is 11.0. The number of aryl methyl sites for hydroxylation is 1. The summed E-state index contributed by atoms with van der Waals surface area (Å²) < 4.78 is 5.34. The van der Waals surface area contributed by atoms with Crippen LogP contribution in [0.4, 0.5) is 0 Å². The van der Waals surface area contributed by atoms with Gasteiger partial charge in [0.1, 0.15) is 0 Å². The second-order valence-electron chi connectivity index (χ2n) is 7.04. The van der Waals surface area contributed by atoms with Gasteiger partial charge in [0.25, 0.3) is 0 Å². The third-order valence-electron chi connectivity index (χ3n) is 5.67. The number of fused-ring (bicyclic) bond motifs is 5. The Kier molecular flexibility index (Phi) is 3.95. The Bertz CT molecular complexity index is 799. The van der Waals surface area contributed by atoms with Crippen LogP contribution < -0.4 is 4.74 Å². The molecule has 0 spiro atoms. The number of rotatable bonds is 1. The SMILES string of the molecule is COc1c(Cl)cc2c3c(cc(Cl)c2c1Cl)C1CC(C)CC1CC3. The number of benzene rings is 2. The predicted octanol–water partition coefficient (Wildman–Crippen LogP) is 6.88. The van der Waals surface area contributed by atoms with Crippen molar-refractivity contribution in [2.75, 3.05) is 7.11 Å². The fourth-order valence-electron chi connectivity index (χ4n) is 4.75. The molecular formula is C19H19Cl3O. The molecule has 0 N–H and O–H groups in total. The van der Waals surface area contributed by atoms with E-state index in [1.165, 1.54) is 30.4 Å². The van der Waals surface area contributed by atoms with Crippen molar-refractivity contribution in [2.45, 2.75) is 38.5 Å². The topological polar surface area (TPSA) is 9.23 Å². The number of hydrogen-bond acceptors (Lipinski definition) is 1. The minimum atomic E-state index is 0.505.